The third-order valence-electron chi connectivity index (χ3n) is 4.54. The van der Waals surface area contributed by atoms with Crippen molar-refractivity contribution >= 4 is 29.3 Å². The summed E-state index contributed by atoms with van der Waals surface area (Å²) >= 11 is 1.47. The highest BCUT2D eigenvalue weighted by Crippen LogP contribution is 2.27. The Morgan fingerprint density at radius 1 is 1.04 bits per heavy atom. The molecule has 0 atom stereocenters. The van der Waals surface area contributed by atoms with Gasteiger partial charge in [-0.3, -0.25) is 9.59 Å². The number of allylic oxidation sites excluding steroid dienone is 1. The molecular weight excluding hydrogens is 372 g/mol. The molecule has 2 aromatic carbocycles. The SMILES string of the molecule is CC1=C(C(=O)Nc2ccccc2C(=O)NCCc2ccccc2C)SCCO1. The minimum atomic E-state index is -0.248. The Labute approximate surface area is 169 Å². The fraction of sp³-hybridized carbons (Fsp3) is 0.273. The molecule has 1 heterocycles. The molecule has 0 radical (unpaired) electrons. The van der Waals surface area contributed by atoms with Crippen molar-refractivity contribution in [1.29, 1.82) is 0 Å². The monoisotopic (exact) mass is 396 g/mol. The van der Waals surface area contributed by atoms with E-state index in [1.165, 1.54) is 22.9 Å². The first-order chi connectivity index (χ1) is 13.6. The van der Waals surface area contributed by atoms with Gasteiger partial charge in [0.25, 0.3) is 11.8 Å². The summed E-state index contributed by atoms with van der Waals surface area (Å²) in [6, 6.07) is 15.2. The Kier molecular flexibility index (Phi) is 6.76. The number of carbonyl (C=O) groups is 2. The topological polar surface area (TPSA) is 67.4 Å². The molecule has 0 saturated carbocycles. The van der Waals surface area contributed by atoms with Crippen LogP contribution in [0.3, 0.4) is 0 Å². The predicted molar refractivity (Wildman–Crippen MR) is 113 cm³/mol. The molecule has 2 N–H and O–H groups in total. The predicted octanol–water partition coefficient (Wildman–Crippen LogP) is 3.90. The number of carbonyl (C=O) groups excluding carboxylic acids is 2. The van der Waals surface area contributed by atoms with Gasteiger partial charge in [-0.2, -0.15) is 0 Å². The van der Waals surface area contributed by atoms with Gasteiger partial charge in [-0.15, -0.1) is 11.8 Å². The summed E-state index contributed by atoms with van der Waals surface area (Å²) in [5.41, 5.74) is 3.36. The number of hydrogen-bond donors (Lipinski definition) is 2. The summed E-state index contributed by atoms with van der Waals surface area (Å²) in [6.07, 6.45) is 0.757. The van der Waals surface area contributed by atoms with Crippen LogP contribution in [0.4, 0.5) is 5.69 Å². The largest absolute Gasteiger partial charge is 0.496 e. The fourth-order valence-corrected chi connectivity index (χ4v) is 3.81. The molecule has 6 heteroatoms. The van der Waals surface area contributed by atoms with Crippen molar-refractivity contribution in [3.63, 3.8) is 0 Å². The van der Waals surface area contributed by atoms with Crippen LogP contribution in [0.5, 0.6) is 0 Å². The lowest BCUT2D eigenvalue weighted by molar-refractivity contribution is -0.112. The van der Waals surface area contributed by atoms with E-state index in [1.807, 2.05) is 12.1 Å². The maximum Gasteiger partial charge on any atom is 0.265 e. The van der Waals surface area contributed by atoms with Crippen LogP contribution >= 0.6 is 11.8 Å². The van der Waals surface area contributed by atoms with Crippen LogP contribution in [0.1, 0.15) is 28.4 Å². The molecule has 2 aromatic rings. The highest BCUT2D eigenvalue weighted by molar-refractivity contribution is 8.04. The van der Waals surface area contributed by atoms with Crippen molar-refractivity contribution < 1.29 is 14.3 Å². The number of hydrogen-bond acceptors (Lipinski definition) is 4. The van der Waals surface area contributed by atoms with E-state index in [9.17, 15) is 9.59 Å². The molecule has 1 aliphatic heterocycles. The summed E-state index contributed by atoms with van der Waals surface area (Å²) in [5, 5.41) is 5.79. The Morgan fingerprint density at radius 2 is 1.79 bits per heavy atom. The van der Waals surface area contributed by atoms with Gasteiger partial charge in [-0.05, 0) is 43.5 Å². The Balaban J connectivity index is 1.65. The molecule has 2 amide bonds. The van der Waals surface area contributed by atoms with Crippen LogP contribution < -0.4 is 10.6 Å². The van der Waals surface area contributed by atoms with E-state index in [-0.39, 0.29) is 11.8 Å². The Hall–Kier alpha value is -2.73. The van der Waals surface area contributed by atoms with Gasteiger partial charge >= 0.3 is 0 Å². The van der Waals surface area contributed by atoms with E-state index in [4.69, 9.17) is 4.74 Å². The maximum atomic E-state index is 12.7. The highest BCUT2D eigenvalue weighted by Gasteiger charge is 2.20. The van der Waals surface area contributed by atoms with Gasteiger partial charge in [0, 0.05) is 12.3 Å². The van der Waals surface area contributed by atoms with Crippen molar-refractivity contribution in [3.05, 3.63) is 75.9 Å². The second kappa shape index (κ2) is 9.46. The third kappa shape index (κ3) is 4.95. The molecule has 0 aliphatic carbocycles. The normalized spacial score (nSPS) is 13.6. The smallest absolute Gasteiger partial charge is 0.265 e. The third-order valence-corrected chi connectivity index (χ3v) is 5.67. The fourth-order valence-electron chi connectivity index (χ4n) is 3.00. The van der Waals surface area contributed by atoms with Gasteiger partial charge in [0.1, 0.15) is 10.7 Å². The number of rotatable bonds is 6. The van der Waals surface area contributed by atoms with E-state index in [2.05, 4.69) is 29.7 Å². The number of thioether (sulfide) groups is 1. The van der Waals surface area contributed by atoms with Crippen molar-refractivity contribution in [2.24, 2.45) is 0 Å². The standard InChI is InChI=1S/C22H24N2O3S/c1-15-7-3-4-8-17(15)11-12-23-21(25)18-9-5-6-10-19(18)24-22(26)20-16(2)27-13-14-28-20/h3-10H,11-14H2,1-2H3,(H,23,25)(H,24,26). The number of amides is 2. The van der Waals surface area contributed by atoms with Crippen molar-refractivity contribution in [2.75, 3.05) is 24.2 Å². The van der Waals surface area contributed by atoms with Gasteiger partial charge in [0.15, 0.2) is 0 Å². The maximum absolute atomic E-state index is 12.7. The molecule has 3 rings (SSSR count). The minimum absolute atomic E-state index is 0.206. The quantitative estimate of drug-likeness (QED) is 0.777. The second-order valence-corrected chi connectivity index (χ2v) is 7.62. The van der Waals surface area contributed by atoms with Crippen molar-refractivity contribution in [3.8, 4) is 0 Å². The summed E-state index contributed by atoms with van der Waals surface area (Å²) in [5.74, 6) is 0.903. The van der Waals surface area contributed by atoms with Gasteiger partial charge in [-0.25, -0.2) is 0 Å². The lowest BCUT2D eigenvalue weighted by Crippen LogP contribution is -2.27. The van der Waals surface area contributed by atoms with Crippen LogP contribution in [-0.2, 0) is 16.0 Å². The average Bonchev–Trinajstić information content (AvgIpc) is 2.70. The number of para-hydroxylation sites is 1. The lowest BCUT2D eigenvalue weighted by atomic mass is 10.1. The molecule has 0 bridgehead atoms. The zero-order chi connectivity index (χ0) is 19.9. The number of ether oxygens (including phenoxy) is 1. The molecule has 146 valence electrons. The van der Waals surface area contributed by atoms with Crippen LogP contribution in [-0.4, -0.2) is 30.7 Å². The Bertz CT molecular complexity index is 908. The Morgan fingerprint density at radius 3 is 2.57 bits per heavy atom. The minimum Gasteiger partial charge on any atom is -0.496 e. The number of benzene rings is 2. The molecule has 1 aliphatic rings. The van der Waals surface area contributed by atoms with Gasteiger partial charge in [0.2, 0.25) is 0 Å². The molecule has 0 aromatic heterocycles. The van der Waals surface area contributed by atoms with Crippen LogP contribution in [0.25, 0.3) is 0 Å². The molecule has 0 fully saturated rings. The van der Waals surface area contributed by atoms with E-state index in [1.54, 1.807) is 31.2 Å². The zero-order valence-corrected chi connectivity index (χ0v) is 16.9. The van der Waals surface area contributed by atoms with Crippen molar-refractivity contribution in [1.82, 2.24) is 5.32 Å². The first kappa shape index (κ1) is 20.0. The van der Waals surface area contributed by atoms with Crippen LogP contribution in [0.2, 0.25) is 0 Å². The van der Waals surface area contributed by atoms with E-state index in [0.29, 0.717) is 35.1 Å². The average molecular weight is 397 g/mol. The summed E-state index contributed by atoms with van der Waals surface area (Å²) in [7, 11) is 0. The number of nitrogens with one attached hydrogen (secondary N) is 2. The van der Waals surface area contributed by atoms with Crippen molar-refractivity contribution in [2.45, 2.75) is 20.3 Å². The number of aryl methyl sites for hydroxylation is 1. The van der Waals surface area contributed by atoms with E-state index < -0.39 is 0 Å². The number of anilines is 1. The molecule has 28 heavy (non-hydrogen) atoms. The summed E-state index contributed by atoms with van der Waals surface area (Å²) < 4.78 is 5.45. The van der Waals surface area contributed by atoms with E-state index in [0.717, 1.165) is 12.2 Å². The molecule has 0 spiro atoms. The van der Waals surface area contributed by atoms with Gasteiger partial charge in [-0.1, -0.05) is 36.4 Å². The van der Waals surface area contributed by atoms with Crippen LogP contribution in [0.15, 0.2) is 59.2 Å². The van der Waals surface area contributed by atoms with E-state index >= 15 is 0 Å². The summed E-state index contributed by atoms with van der Waals surface area (Å²) in [6.45, 7) is 4.98. The molecule has 0 unspecified atom stereocenters. The lowest BCUT2D eigenvalue weighted by Gasteiger charge is -2.18. The second-order valence-electron chi connectivity index (χ2n) is 6.51. The molecule has 0 saturated heterocycles. The first-order valence-electron chi connectivity index (χ1n) is 9.26. The highest BCUT2D eigenvalue weighted by atomic mass is 32.2. The van der Waals surface area contributed by atoms with Crippen LogP contribution in [0, 0.1) is 6.92 Å². The first-order valence-corrected chi connectivity index (χ1v) is 10.2. The molecular formula is C22H24N2O3S. The van der Waals surface area contributed by atoms with Gasteiger partial charge < -0.3 is 15.4 Å². The molecule has 5 nitrogen and oxygen atoms in total. The zero-order valence-electron chi connectivity index (χ0n) is 16.1. The van der Waals surface area contributed by atoms with Gasteiger partial charge in [0.05, 0.1) is 17.9 Å². The summed E-state index contributed by atoms with van der Waals surface area (Å²) in [4.78, 5) is 25.8.